The number of hydrogen-bond donors (Lipinski definition) is 1. The van der Waals surface area contributed by atoms with Gasteiger partial charge >= 0.3 is 0 Å². The lowest BCUT2D eigenvalue weighted by atomic mass is 9.96. The van der Waals surface area contributed by atoms with E-state index in [0.717, 1.165) is 29.5 Å². The number of hydrogen-bond acceptors (Lipinski definition) is 6. The van der Waals surface area contributed by atoms with Crippen molar-refractivity contribution in [1.29, 1.82) is 0 Å². The molecule has 0 unspecified atom stereocenters. The number of nitrogens with one attached hydrogen (secondary N) is 1. The summed E-state index contributed by atoms with van der Waals surface area (Å²) in [6.45, 7) is 0.679. The highest BCUT2D eigenvalue weighted by atomic mass is 19.1. The van der Waals surface area contributed by atoms with Gasteiger partial charge in [0.25, 0.3) is 0 Å². The van der Waals surface area contributed by atoms with Crippen molar-refractivity contribution in [3.63, 3.8) is 0 Å². The topological polar surface area (TPSA) is 73.1 Å². The van der Waals surface area contributed by atoms with E-state index in [1.54, 1.807) is 18.3 Å². The molecular formula is C27H27FN4O2. The smallest absolute Gasteiger partial charge is 0.223 e. The molecule has 0 aliphatic heterocycles. The van der Waals surface area contributed by atoms with Crippen LogP contribution in [-0.2, 0) is 18.0 Å². The quantitative estimate of drug-likeness (QED) is 0.329. The Morgan fingerprint density at radius 3 is 2.53 bits per heavy atom. The molecular weight excluding hydrogens is 431 g/mol. The molecule has 1 saturated carbocycles. The molecule has 0 amide bonds. The van der Waals surface area contributed by atoms with Gasteiger partial charge < -0.3 is 14.6 Å². The first-order valence-electron chi connectivity index (χ1n) is 11.7. The maximum absolute atomic E-state index is 13.5. The Morgan fingerprint density at radius 1 is 0.941 bits per heavy atom. The summed E-state index contributed by atoms with van der Waals surface area (Å²) in [6, 6.07) is 18.4. The molecule has 1 aliphatic carbocycles. The van der Waals surface area contributed by atoms with Crippen molar-refractivity contribution in [2.24, 2.45) is 0 Å². The molecule has 0 radical (unpaired) electrons. The lowest BCUT2D eigenvalue weighted by molar-refractivity contribution is 0.0888. The first kappa shape index (κ1) is 22.2. The molecule has 1 N–H and O–H groups in total. The second-order valence-electron chi connectivity index (χ2n) is 8.56. The standard InChI is InChI=1S/C27H27FN4O2/c28-21-13-11-20(12-14-21)26-25(24(34-32-26)18-33-17-19-7-3-1-4-8-19)23-15-16-29-27(31-23)30-22-9-5-2-6-10-22/h1,3-4,7-8,11-16,22H,2,5-6,9-10,17-18H2,(H,29,30,31). The first-order chi connectivity index (χ1) is 16.8. The van der Waals surface area contributed by atoms with Gasteiger partial charge in [0.2, 0.25) is 5.95 Å². The van der Waals surface area contributed by atoms with Crippen LogP contribution in [0.4, 0.5) is 10.3 Å². The van der Waals surface area contributed by atoms with E-state index in [-0.39, 0.29) is 12.4 Å². The number of nitrogens with zero attached hydrogens (tertiary/aromatic N) is 3. The van der Waals surface area contributed by atoms with Gasteiger partial charge in [-0.15, -0.1) is 0 Å². The van der Waals surface area contributed by atoms with Crippen molar-refractivity contribution in [3.05, 3.63) is 84.0 Å². The van der Waals surface area contributed by atoms with Crippen LogP contribution < -0.4 is 5.32 Å². The minimum atomic E-state index is -0.304. The van der Waals surface area contributed by atoms with Crippen LogP contribution in [0.25, 0.3) is 22.5 Å². The van der Waals surface area contributed by atoms with E-state index >= 15 is 0 Å². The first-order valence-corrected chi connectivity index (χ1v) is 11.7. The summed E-state index contributed by atoms with van der Waals surface area (Å²) in [5.74, 6) is 0.852. The normalized spacial score (nSPS) is 14.3. The molecule has 0 spiro atoms. The molecule has 6 nitrogen and oxygen atoms in total. The molecule has 0 atom stereocenters. The largest absolute Gasteiger partial charge is 0.369 e. The Balaban J connectivity index is 1.44. The number of ether oxygens (including phenoxy) is 1. The van der Waals surface area contributed by atoms with Gasteiger partial charge in [-0.05, 0) is 48.7 Å². The van der Waals surface area contributed by atoms with Gasteiger partial charge in [-0.25, -0.2) is 14.4 Å². The van der Waals surface area contributed by atoms with Crippen molar-refractivity contribution < 1.29 is 13.7 Å². The predicted octanol–water partition coefficient (Wildman–Crippen LogP) is 6.40. The Bertz CT molecular complexity index is 1210. The van der Waals surface area contributed by atoms with Crippen molar-refractivity contribution in [2.45, 2.75) is 51.4 Å². The van der Waals surface area contributed by atoms with Crippen LogP contribution in [0.1, 0.15) is 43.4 Å². The van der Waals surface area contributed by atoms with E-state index in [2.05, 4.69) is 15.5 Å². The average Bonchev–Trinajstić information content (AvgIpc) is 3.30. The zero-order chi connectivity index (χ0) is 23.2. The molecule has 2 aromatic heterocycles. The minimum Gasteiger partial charge on any atom is -0.369 e. The second-order valence-corrected chi connectivity index (χ2v) is 8.56. The second kappa shape index (κ2) is 10.6. The van der Waals surface area contributed by atoms with Crippen LogP contribution in [-0.4, -0.2) is 21.2 Å². The van der Waals surface area contributed by atoms with Gasteiger partial charge in [0.05, 0.1) is 17.9 Å². The summed E-state index contributed by atoms with van der Waals surface area (Å²) >= 11 is 0. The van der Waals surface area contributed by atoms with Gasteiger partial charge in [-0.1, -0.05) is 54.8 Å². The summed E-state index contributed by atoms with van der Waals surface area (Å²) in [4.78, 5) is 9.22. The third-order valence-corrected chi connectivity index (χ3v) is 6.08. The van der Waals surface area contributed by atoms with Crippen LogP contribution >= 0.6 is 0 Å². The minimum absolute atomic E-state index is 0.230. The van der Waals surface area contributed by atoms with E-state index in [0.29, 0.717) is 35.7 Å². The fourth-order valence-electron chi connectivity index (χ4n) is 4.32. The molecule has 0 bridgehead atoms. The number of halogens is 1. The van der Waals surface area contributed by atoms with E-state index in [4.69, 9.17) is 14.2 Å². The molecule has 7 heteroatoms. The molecule has 5 rings (SSSR count). The van der Waals surface area contributed by atoms with Crippen molar-refractivity contribution in [1.82, 2.24) is 15.1 Å². The van der Waals surface area contributed by atoms with Crippen molar-refractivity contribution >= 4 is 5.95 Å². The molecule has 0 saturated heterocycles. The lowest BCUT2D eigenvalue weighted by Crippen LogP contribution is -2.23. The van der Waals surface area contributed by atoms with Gasteiger partial charge in [-0.3, -0.25) is 0 Å². The lowest BCUT2D eigenvalue weighted by Gasteiger charge is -2.22. The zero-order valence-corrected chi connectivity index (χ0v) is 18.9. The maximum atomic E-state index is 13.5. The van der Waals surface area contributed by atoms with Crippen LogP contribution in [0.15, 0.2) is 71.4 Å². The number of aromatic nitrogens is 3. The highest BCUT2D eigenvalue weighted by molar-refractivity contribution is 5.80. The molecule has 1 fully saturated rings. The summed E-state index contributed by atoms with van der Waals surface area (Å²) in [7, 11) is 0. The molecule has 4 aromatic rings. The molecule has 1 aliphatic rings. The SMILES string of the molecule is Fc1ccc(-c2noc(COCc3ccccc3)c2-c2ccnc(NC3CCCCC3)n2)cc1. The Kier molecular flexibility index (Phi) is 6.91. The van der Waals surface area contributed by atoms with E-state index in [9.17, 15) is 4.39 Å². The third-order valence-electron chi connectivity index (χ3n) is 6.08. The Hall–Kier alpha value is -3.58. The van der Waals surface area contributed by atoms with Crippen molar-refractivity contribution in [2.75, 3.05) is 5.32 Å². The van der Waals surface area contributed by atoms with Crippen molar-refractivity contribution in [3.8, 4) is 22.5 Å². The highest BCUT2D eigenvalue weighted by Crippen LogP contribution is 2.34. The molecule has 174 valence electrons. The maximum Gasteiger partial charge on any atom is 0.223 e. The number of anilines is 1. The average molecular weight is 459 g/mol. The number of rotatable bonds is 8. The Morgan fingerprint density at radius 2 is 1.74 bits per heavy atom. The zero-order valence-electron chi connectivity index (χ0n) is 18.9. The van der Waals surface area contributed by atoms with Crippen LogP contribution in [0, 0.1) is 5.82 Å². The van der Waals surface area contributed by atoms with Gasteiger partial charge in [0.15, 0.2) is 5.76 Å². The van der Waals surface area contributed by atoms with Crippen LogP contribution in [0.2, 0.25) is 0 Å². The highest BCUT2D eigenvalue weighted by Gasteiger charge is 2.22. The summed E-state index contributed by atoms with van der Waals surface area (Å²) in [6.07, 6.45) is 7.72. The van der Waals surface area contributed by atoms with E-state index < -0.39 is 0 Å². The fourth-order valence-corrected chi connectivity index (χ4v) is 4.32. The molecule has 34 heavy (non-hydrogen) atoms. The van der Waals surface area contributed by atoms with E-state index in [1.165, 1.54) is 31.4 Å². The van der Waals surface area contributed by atoms with Gasteiger partial charge in [0.1, 0.15) is 18.1 Å². The molecule has 2 heterocycles. The van der Waals surface area contributed by atoms with Gasteiger partial charge in [0, 0.05) is 17.8 Å². The monoisotopic (exact) mass is 458 g/mol. The summed E-state index contributed by atoms with van der Waals surface area (Å²) in [5, 5.41) is 7.79. The predicted molar refractivity (Wildman–Crippen MR) is 128 cm³/mol. The summed E-state index contributed by atoms with van der Waals surface area (Å²) in [5.41, 5.74) is 3.83. The summed E-state index contributed by atoms with van der Waals surface area (Å²) < 4.78 is 25.2. The van der Waals surface area contributed by atoms with Gasteiger partial charge in [-0.2, -0.15) is 0 Å². The third kappa shape index (κ3) is 5.31. The molecule has 2 aromatic carbocycles. The van der Waals surface area contributed by atoms with Crippen LogP contribution in [0.3, 0.4) is 0 Å². The number of benzene rings is 2. The van der Waals surface area contributed by atoms with Crippen LogP contribution in [0.5, 0.6) is 0 Å². The Labute approximate surface area is 198 Å². The fraction of sp³-hybridized carbons (Fsp3) is 0.296. The van der Waals surface area contributed by atoms with E-state index in [1.807, 2.05) is 36.4 Å².